The molecule has 0 spiro atoms. The van der Waals surface area contributed by atoms with Crippen molar-refractivity contribution in [2.75, 3.05) is 24.8 Å². The fourth-order valence-electron chi connectivity index (χ4n) is 6.18. The molecule has 3 atom stereocenters. The number of pyridine rings is 1. The molecular formula is C33H33N3O5. The number of amides is 1. The zero-order chi connectivity index (χ0) is 28.3. The fourth-order valence-corrected chi connectivity index (χ4v) is 6.18. The molecule has 8 nitrogen and oxygen atoms in total. The van der Waals surface area contributed by atoms with Gasteiger partial charge in [0.05, 0.1) is 12.6 Å². The molecule has 210 valence electrons. The van der Waals surface area contributed by atoms with Crippen LogP contribution in [-0.2, 0) is 22.6 Å². The number of esters is 1. The summed E-state index contributed by atoms with van der Waals surface area (Å²) in [5.74, 6) is -0.267. The SMILES string of the molecule is CC(=O)OCCN1CN(C2c3ccccc3CCC3C=CC=CC32)n2ccc(=O)c(OCc3ccccc3)c2C1=O. The van der Waals surface area contributed by atoms with Crippen LogP contribution >= 0.6 is 0 Å². The minimum Gasteiger partial charge on any atom is -0.482 e. The Hall–Kier alpha value is -4.59. The van der Waals surface area contributed by atoms with E-state index in [4.69, 9.17) is 9.47 Å². The number of hydrogen-bond donors (Lipinski definition) is 0. The second-order valence-electron chi connectivity index (χ2n) is 10.7. The van der Waals surface area contributed by atoms with Gasteiger partial charge in [-0.1, -0.05) is 78.9 Å². The lowest BCUT2D eigenvalue weighted by Crippen LogP contribution is -2.57. The molecule has 41 heavy (non-hydrogen) atoms. The van der Waals surface area contributed by atoms with Gasteiger partial charge in [-0.05, 0) is 35.4 Å². The molecule has 0 saturated carbocycles. The molecule has 0 fully saturated rings. The summed E-state index contributed by atoms with van der Waals surface area (Å²) in [7, 11) is 0. The monoisotopic (exact) mass is 551 g/mol. The summed E-state index contributed by atoms with van der Waals surface area (Å²) >= 11 is 0. The van der Waals surface area contributed by atoms with Crippen LogP contribution in [0.5, 0.6) is 5.75 Å². The average molecular weight is 552 g/mol. The summed E-state index contributed by atoms with van der Waals surface area (Å²) in [5.41, 5.74) is 3.19. The molecule has 1 aromatic heterocycles. The molecule has 3 aliphatic rings. The molecule has 6 rings (SSSR count). The van der Waals surface area contributed by atoms with Crippen molar-refractivity contribution in [3.63, 3.8) is 0 Å². The number of rotatable bonds is 7. The molecule has 2 heterocycles. The first-order chi connectivity index (χ1) is 20.0. The van der Waals surface area contributed by atoms with Crippen LogP contribution in [0.2, 0.25) is 0 Å². The Morgan fingerprint density at radius 3 is 2.59 bits per heavy atom. The number of carbonyl (C=O) groups is 2. The zero-order valence-corrected chi connectivity index (χ0v) is 23.0. The van der Waals surface area contributed by atoms with Crippen molar-refractivity contribution in [2.45, 2.75) is 32.4 Å². The van der Waals surface area contributed by atoms with Crippen molar-refractivity contribution in [1.29, 1.82) is 0 Å². The quantitative estimate of drug-likeness (QED) is 0.406. The molecule has 1 aliphatic heterocycles. The van der Waals surface area contributed by atoms with Gasteiger partial charge in [-0.2, -0.15) is 0 Å². The Balaban J connectivity index is 1.47. The number of hydrogen-bond acceptors (Lipinski definition) is 6. The highest BCUT2D eigenvalue weighted by Gasteiger charge is 2.42. The van der Waals surface area contributed by atoms with Gasteiger partial charge in [0.25, 0.3) is 5.91 Å². The van der Waals surface area contributed by atoms with Crippen LogP contribution in [-0.4, -0.2) is 41.3 Å². The van der Waals surface area contributed by atoms with E-state index in [0.717, 1.165) is 18.4 Å². The van der Waals surface area contributed by atoms with Crippen LogP contribution in [0.3, 0.4) is 0 Å². The Morgan fingerprint density at radius 1 is 0.976 bits per heavy atom. The standard InChI is InChI=1S/C33H33N3O5/c1-23(37)40-20-19-34-22-36(30-27-13-7-5-11-25(27)15-16-26-12-6-8-14-28(26)30)35-18-17-29(38)32(31(35)33(34)39)41-21-24-9-3-2-4-10-24/h2-14,17-18,25,27,30H,15-16,19-22H2,1H3. The average Bonchev–Trinajstić information content (AvgIpc) is 3.15. The van der Waals surface area contributed by atoms with Crippen LogP contribution in [0.1, 0.15) is 46.6 Å². The summed E-state index contributed by atoms with van der Waals surface area (Å²) in [5, 5.41) is 2.16. The molecule has 0 N–H and O–H groups in total. The highest BCUT2D eigenvalue weighted by Crippen LogP contribution is 2.43. The number of aryl methyl sites for hydroxylation is 1. The minimum atomic E-state index is -0.408. The number of fused-ring (bicyclic) bond motifs is 3. The third-order valence-corrected chi connectivity index (χ3v) is 8.11. The maximum absolute atomic E-state index is 14.0. The summed E-state index contributed by atoms with van der Waals surface area (Å²) in [4.78, 5) is 40.4. The van der Waals surface area contributed by atoms with Gasteiger partial charge in [-0.3, -0.25) is 24.1 Å². The van der Waals surface area contributed by atoms with Gasteiger partial charge in [-0.25, -0.2) is 0 Å². The molecule has 2 aromatic carbocycles. The van der Waals surface area contributed by atoms with E-state index in [1.165, 1.54) is 24.1 Å². The third kappa shape index (κ3) is 5.29. The Kier molecular flexibility index (Phi) is 7.46. The van der Waals surface area contributed by atoms with Gasteiger partial charge < -0.3 is 14.4 Å². The number of nitrogens with zero attached hydrogens (tertiary/aromatic N) is 3. The number of benzene rings is 2. The molecule has 1 amide bonds. The first kappa shape index (κ1) is 26.6. The molecular weight excluding hydrogens is 518 g/mol. The normalized spacial score (nSPS) is 21.0. The van der Waals surface area contributed by atoms with Crippen LogP contribution in [0.4, 0.5) is 0 Å². The highest BCUT2D eigenvalue weighted by atomic mass is 16.5. The van der Waals surface area contributed by atoms with E-state index in [0.29, 0.717) is 5.92 Å². The molecule has 0 bridgehead atoms. The van der Waals surface area contributed by atoms with E-state index in [1.807, 2.05) is 35.0 Å². The third-order valence-electron chi connectivity index (χ3n) is 8.11. The van der Waals surface area contributed by atoms with Crippen molar-refractivity contribution in [3.05, 3.63) is 124 Å². The van der Waals surface area contributed by atoms with Crippen LogP contribution in [0.15, 0.2) is 96.0 Å². The van der Waals surface area contributed by atoms with E-state index in [1.54, 1.807) is 11.1 Å². The maximum Gasteiger partial charge on any atom is 0.302 e. The number of ether oxygens (including phenoxy) is 2. The van der Waals surface area contributed by atoms with E-state index in [2.05, 4.69) is 53.6 Å². The molecule has 0 radical (unpaired) electrons. The molecule has 3 unspecified atom stereocenters. The van der Waals surface area contributed by atoms with Gasteiger partial charge in [0, 0.05) is 25.1 Å². The van der Waals surface area contributed by atoms with Crippen molar-refractivity contribution in [1.82, 2.24) is 9.58 Å². The minimum absolute atomic E-state index is 0.0149. The Bertz CT molecular complexity index is 1560. The lowest BCUT2D eigenvalue weighted by Gasteiger charge is -2.46. The van der Waals surface area contributed by atoms with Crippen molar-refractivity contribution < 1.29 is 19.1 Å². The Morgan fingerprint density at radius 2 is 1.76 bits per heavy atom. The van der Waals surface area contributed by atoms with E-state index < -0.39 is 5.97 Å². The van der Waals surface area contributed by atoms with E-state index in [9.17, 15) is 14.4 Å². The summed E-state index contributed by atoms with van der Waals surface area (Å²) in [6.45, 7) is 2.00. The highest BCUT2D eigenvalue weighted by molar-refractivity contribution is 5.96. The van der Waals surface area contributed by atoms with Gasteiger partial charge in [-0.15, -0.1) is 0 Å². The first-order valence-electron chi connectivity index (χ1n) is 14.1. The lowest BCUT2D eigenvalue weighted by molar-refractivity contribution is -0.141. The smallest absolute Gasteiger partial charge is 0.302 e. The number of aromatic nitrogens is 1. The molecule has 8 heteroatoms. The van der Waals surface area contributed by atoms with Crippen LogP contribution < -0.4 is 15.2 Å². The lowest BCUT2D eigenvalue weighted by atomic mass is 9.80. The zero-order valence-electron chi connectivity index (χ0n) is 23.0. The largest absolute Gasteiger partial charge is 0.482 e. The predicted molar refractivity (Wildman–Crippen MR) is 155 cm³/mol. The number of carbonyl (C=O) groups excluding carboxylic acids is 2. The summed E-state index contributed by atoms with van der Waals surface area (Å²) in [6, 6.07) is 19.4. The van der Waals surface area contributed by atoms with Gasteiger partial charge in [0.15, 0.2) is 11.4 Å². The molecule has 3 aromatic rings. The van der Waals surface area contributed by atoms with Crippen molar-refractivity contribution in [2.24, 2.45) is 11.8 Å². The molecule has 2 aliphatic carbocycles. The second kappa shape index (κ2) is 11.5. The van der Waals surface area contributed by atoms with E-state index >= 15 is 0 Å². The van der Waals surface area contributed by atoms with Gasteiger partial charge >= 0.3 is 5.97 Å². The van der Waals surface area contributed by atoms with Crippen LogP contribution in [0, 0.1) is 11.8 Å². The van der Waals surface area contributed by atoms with Crippen molar-refractivity contribution in [3.8, 4) is 5.75 Å². The fraction of sp³-hybridized carbons (Fsp3) is 0.303. The first-order valence-corrected chi connectivity index (χ1v) is 14.1. The topological polar surface area (TPSA) is 81.1 Å². The second-order valence-corrected chi connectivity index (χ2v) is 10.7. The Labute approximate surface area is 239 Å². The maximum atomic E-state index is 14.0. The molecule has 0 saturated heterocycles. The predicted octanol–water partition coefficient (Wildman–Crippen LogP) is 4.39. The van der Waals surface area contributed by atoms with E-state index in [-0.39, 0.29) is 61.2 Å². The van der Waals surface area contributed by atoms with Crippen LogP contribution in [0.25, 0.3) is 0 Å². The van der Waals surface area contributed by atoms with Gasteiger partial charge in [0.2, 0.25) is 5.43 Å². The van der Waals surface area contributed by atoms with Gasteiger partial charge in [0.1, 0.15) is 19.9 Å². The van der Waals surface area contributed by atoms with Crippen molar-refractivity contribution >= 4 is 11.9 Å². The number of allylic oxidation sites excluding steroid dienone is 3. The summed E-state index contributed by atoms with van der Waals surface area (Å²) < 4.78 is 13.1. The summed E-state index contributed by atoms with van der Waals surface area (Å²) in [6.07, 6.45) is 12.4.